The van der Waals surface area contributed by atoms with Crippen LogP contribution in [0.25, 0.3) is 0 Å². The lowest BCUT2D eigenvalue weighted by Gasteiger charge is -2.53. The average molecular weight is 314 g/mol. The molecule has 18 heavy (non-hydrogen) atoms. The van der Waals surface area contributed by atoms with E-state index in [1.165, 1.54) is 0 Å². The van der Waals surface area contributed by atoms with Crippen molar-refractivity contribution in [3.8, 4) is 0 Å². The normalized spacial score (nSPS) is 22.1. The molecule has 0 N–H and O–H groups in total. The van der Waals surface area contributed by atoms with Gasteiger partial charge in [-0.15, -0.1) is 0 Å². The quantitative estimate of drug-likeness (QED) is 0.786. The lowest BCUT2D eigenvalue weighted by molar-refractivity contribution is -0.000230. The van der Waals surface area contributed by atoms with Gasteiger partial charge in [0.15, 0.2) is 0 Å². The van der Waals surface area contributed by atoms with Gasteiger partial charge in [0.1, 0.15) is 5.82 Å². The molecule has 0 unspecified atom stereocenters. The smallest absolute Gasteiger partial charge is 0.137 e. The molecule has 2 aliphatic rings. The van der Waals surface area contributed by atoms with Crippen LogP contribution in [0.15, 0.2) is 16.6 Å². The first kappa shape index (κ1) is 12.4. The highest BCUT2D eigenvalue weighted by atomic mass is 79.9. The van der Waals surface area contributed by atoms with Crippen molar-refractivity contribution in [3.05, 3.63) is 28.0 Å². The van der Waals surface area contributed by atoms with Crippen molar-refractivity contribution in [2.45, 2.75) is 19.8 Å². The Labute approximate surface area is 115 Å². The van der Waals surface area contributed by atoms with E-state index in [1.807, 2.05) is 13.0 Å². The minimum absolute atomic E-state index is 0.183. The molecule has 0 aliphatic carbocycles. The zero-order chi connectivity index (χ0) is 12.8. The van der Waals surface area contributed by atoms with Gasteiger partial charge in [0.2, 0.25) is 0 Å². The van der Waals surface area contributed by atoms with Gasteiger partial charge in [-0.2, -0.15) is 0 Å². The van der Waals surface area contributed by atoms with Gasteiger partial charge >= 0.3 is 0 Å². The van der Waals surface area contributed by atoms with Crippen molar-refractivity contribution in [2.75, 3.05) is 31.2 Å². The third kappa shape index (κ3) is 2.05. The van der Waals surface area contributed by atoms with Crippen LogP contribution in [0.3, 0.4) is 0 Å². The number of aryl methyl sites for hydroxylation is 1. The van der Waals surface area contributed by atoms with Crippen LogP contribution >= 0.6 is 15.9 Å². The summed E-state index contributed by atoms with van der Waals surface area (Å²) >= 11 is 3.27. The van der Waals surface area contributed by atoms with E-state index in [0.717, 1.165) is 50.4 Å². The van der Waals surface area contributed by atoms with E-state index in [9.17, 15) is 4.39 Å². The van der Waals surface area contributed by atoms with E-state index < -0.39 is 0 Å². The van der Waals surface area contributed by atoms with E-state index in [4.69, 9.17) is 4.74 Å². The molecule has 0 atom stereocenters. The van der Waals surface area contributed by atoms with Crippen LogP contribution in [-0.4, -0.2) is 26.3 Å². The van der Waals surface area contributed by atoms with Crippen LogP contribution in [0.1, 0.15) is 18.4 Å². The first-order chi connectivity index (χ1) is 8.60. The molecule has 2 aliphatic heterocycles. The summed E-state index contributed by atoms with van der Waals surface area (Å²) in [6.45, 7) is 5.91. The number of nitrogens with zero attached hydrogens (tertiary/aromatic N) is 1. The molecule has 2 fully saturated rings. The predicted molar refractivity (Wildman–Crippen MR) is 73.5 cm³/mol. The summed E-state index contributed by atoms with van der Waals surface area (Å²) in [7, 11) is 0. The standard InChI is InChI=1S/C14H17BrFNO/c1-10-6-12(16)11(15)7-13(10)17-8-14(9-17)2-4-18-5-3-14/h6-7H,2-5,8-9H2,1H3. The van der Waals surface area contributed by atoms with Gasteiger partial charge in [-0.05, 0) is 53.4 Å². The van der Waals surface area contributed by atoms with Crippen molar-refractivity contribution >= 4 is 21.6 Å². The van der Waals surface area contributed by atoms with Crippen molar-refractivity contribution in [3.63, 3.8) is 0 Å². The second kappa shape index (κ2) is 4.49. The molecule has 1 aromatic carbocycles. The average Bonchev–Trinajstić information content (AvgIpc) is 2.32. The Morgan fingerprint density at radius 2 is 1.94 bits per heavy atom. The summed E-state index contributed by atoms with van der Waals surface area (Å²) in [6.07, 6.45) is 2.32. The molecule has 2 heterocycles. The number of hydrogen-bond acceptors (Lipinski definition) is 2. The van der Waals surface area contributed by atoms with E-state index >= 15 is 0 Å². The van der Waals surface area contributed by atoms with Gasteiger partial charge in [0.25, 0.3) is 0 Å². The third-order valence-electron chi connectivity index (χ3n) is 4.19. The fourth-order valence-corrected chi connectivity index (χ4v) is 3.36. The number of benzene rings is 1. The van der Waals surface area contributed by atoms with Crippen LogP contribution in [0.4, 0.5) is 10.1 Å². The lowest BCUT2D eigenvalue weighted by atomic mass is 9.73. The predicted octanol–water partition coefficient (Wildman–Crippen LogP) is 3.51. The monoisotopic (exact) mass is 313 g/mol. The Bertz CT molecular complexity index is 463. The molecule has 0 radical (unpaired) electrons. The Morgan fingerprint density at radius 1 is 1.28 bits per heavy atom. The van der Waals surface area contributed by atoms with Crippen LogP contribution in [0.5, 0.6) is 0 Å². The maximum atomic E-state index is 13.4. The maximum absolute atomic E-state index is 13.4. The molecule has 1 spiro atoms. The third-order valence-corrected chi connectivity index (χ3v) is 4.79. The summed E-state index contributed by atoms with van der Waals surface area (Å²) in [4.78, 5) is 2.35. The van der Waals surface area contributed by atoms with Gasteiger partial charge < -0.3 is 9.64 Å². The van der Waals surface area contributed by atoms with Crippen molar-refractivity contribution < 1.29 is 9.13 Å². The second-order valence-corrected chi connectivity index (χ2v) is 6.38. The number of rotatable bonds is 1. The highest BCUT2D eigenvalue weighted by Crippen LogP contribution is 2.43. The molecule has 3 rings (SSSR count). The van der Waals surface area contributed by atoms with Gasteiger partial charge in [0.05, 0.1) is 4.47 Å². The Balaban J connectivity index is 1.76. The Hall–Kier alpha value is -0.610. The highest BCUT2D eigenvalue weighted by Gasteiger charge is 2.44. The summed E-state index contributed by atoms with van der Waals surface area (Å²) in [5.74, 6) is -0.183. The van der Waals surface area contributed by atoms with Crippen molar-refractivity contribution in [2.24, 2.45) is 5.41 Å². The zero-order valence-corrected chi connectivity index (χ0v) is 12.1. The van der Waals surface area contributed by atoms with Crippen LogP contribution in [-0.2, 0) is 4.74 Å². The summed E-state index contributed by atoms with van der Waals surface area (Å²) in [5.41, 5.74) is 2.61. The number of hydrogen-bond donors (Lipinski definition) is 0. The van der Waals surface area contributed by atoms with E-state index in [1.54, 1.807) is 6.07 Å². The van der Waals surface area contributed by atoms with Gasteiger partial charge in [0, 0.05) is 37.4 Å². The summed E-state index contributed by atoms with van der Waals surface area (Å²) < 4.78 is 19.4. The molecule has 0 saturated carbocycles. The maximum Gasteiger partial charge on any atom is 0.137 e. The zero-order valence-electron chi connectivity index (χ0n) is 10.5. The number of anilines is 1. The molecule has 4 heteroatoms. The van der Waals surface area contributed by atoms with Gasteiger partial charge in [-0.3, -0.25) is 0 Å². The molecule has 2 nitrogen and oxygen atoms in total. The fourth-order valence-electron chi connectivity index (χ4n) is 3.03. The number of halogens is 2. The Kier molecular flexibility index (Phi) is 3.10. The molecular weight excluding hydrogens is 297 g/mol. The second-order valence-electron chi connectivity index (χ2n) is 5.52. The number of ether oxygens (including phenoxy) is 1. The lowest BCUT2D eigenvalue weighted by Crippen LogP contribution is -2.58. The first-order valence-electron chi connectivity index (χ1n) is 6.38. The van der Waals surface area contributed by atoms with Gasteiger partial charge in [-0.1, -0.05) is 0 Å². The molecule has 0 amide bonds. The molecule has 0 bridgehead atoms. The summed E-state index contributed by atoms with van der Waals surface area (Å²) in [6, 6.07) is 3.51. The Morgan fingerprint density at radius 3 is 2.61 bits per heavy atom. The molecule has 2 saturated heterocycles. The fraction of sp³-hybridized carbons (Fsp3) is 0.571. The topological polar surface area (TPSA) is 12.5 Å². The van der Waals surface area contributed by atoms with E-state index in [2.05, 4.69) is 20.8 Å². The molecule has 1 aromatic rings. The van der Waals surface area contributed by atoms with E-state index in [-0.39, 0.29) is 5.82 Å². The summed E-state index contributed by atoms with van der Waals surface area (Å²) in [5, 5.41) is 0. The SMILES string of the molecule is Cc1cc(F)c(Br)cc1N1CC2(CCOCC2)C1. The van der Waals surface area contributed by atoms with Crippen LogP contribution < -0.4 is 4.90 Å². The van der Waals surface area contributed by atoms with Crippen LogP contribution in [0.2, 0.25) is 0 Å². The van der Waals surface area contributed by atoms with E-state index in [0.29, 0.717) is 9.89 Å². The molecule has 98 valence electrons. The minimum Gasteiger partial charge on any atom is -0.381 e. The largest absolute Gasteiger partial charge is 0.381 e. The molecule has 0 aromatic heterocycles. The molecular formula is C14H17BrFNO. The highest BCUT2D eigenvalue weighted by molar-refractivity contribution is 9.10. The van der Waals surface area contributed by atoms with Gasteiger partial charge in [-0.25, -0.2) is 4.39 Å². The van der Waals surface area contributed by atoms with Crippen LogP contribution in [0, 0.1) is 18.2 Å². The minimum atomic E-state index is -0.183. The van der Waals surface area contributed by atoms with Crippen molar-refractivity contribution in [1.82, 2.24) is 0 Å². The van der Waals surface area contributed by atoms with Crippen molar-refractivity contribution in [1.29, 1.82) is 0 Å². The first-order valence-corrected chi connectivity index (χ1v) is 7.17.